The Morgan fingerprint density at radius 1 is 1.42 bits per heavy atom. The Kier molecular flexibility index (Phi) is 4.08. The van der Waals surface area contributed by atoms with Gasteiger partial charge in [-0.3, -0.25) is 0 Å². The molecule has 1 saturated heterocycles. The molecular formula is C9H18N2O. The second kappa shape index (κ2) is 5.14. The summed E-state index contributed by atoms with van der Waals surface area (Å²) in [6.07, 6.45) is 1.98. The number of nitrogens with one attached hydrogen (secondary N) is 1. The number of hydrogen-bond acceptors (Lipinski definition) is 3. The maximum atomic E-state index is 5.22. The topological polar surface area (TPSA) is 33.6 Å². The number of hydrazone groups is 1. The Balaban J connectivity index is 2.16. The van der Waals surface area contributed by atoms with Crippen molar-refractivity contribution in [2.75, 3.05) is 19.8 Å². The zero-order chi connectivity index (χ0) is 8.81. The van der Waals surface area contributed by atoms with Gasteiger partial charge in [0, 0.05) is 25.1 Å². The van der Waals surface area contributed by atoms with Gasteiger partial charge in [-0.1, -0.05) is 13.8 Å². The first kappa shape index (κ1) is 9.52. The molecule has 1 N–H and O–H groups in total. The monoisotopic (exact) mass is 170 g/mol. The summed E-state index contributed by atoms with van der Waals surface area (Å²) in [6, 6.07) is 0. The van der Waals surface area contributed by atoms with Gasteiger partial charge in [0.15, 0.2) is 0 Å². The minimum absolute atomic E-state index is 0.661. The quantitative estimate of drug-likeness (QED) is 0.649. The predicted octanol–water partition coefficient (Wildman–Crippen LogP) is 1.40. The minimum atomic E-state index is 0.661. The standard InChI is InChI=1S/C9H18N2O/c1-8(2)7-10-11-9-3-5-12-6-4-9/h8,10H,3-7H2,1-2H3. The molecular weight excluding hydrogens is 152 g/mol. The molecule has 1 fully saturated rings. The average Bonchev–Trinajstić information content (AvgIpc) is 2.05. The Hall–Kier alpha value is -0.570. The van der Waals surface area contributed by atoms with Crippen molar-refractivity contribution in [2.45, 2.75) is 26.7 Å². The fraction of sp³-hybridized carbons (Fsp3) is 0.889. The van der Waals surface area contributed by atoms with E-state index in [0.717, 1.165) is 32.6 Å². The van der Waals surface area contributed by atoms with Crippen LogP contribution in [0.2, 0.25) is 0 Å². The van der Waals surface area contributed by atoms with Crippen LogP contribution in [0.1, 0.15) is 26.7 Å². The molecule has 0 bridgehead atoms. The summed E-state index contributed by atoms with van der Waals surface area (Å²) in [5, 5.41) is 4.31. The first-order chi connectivity index (χ1) is 5.79. The first-order valence-electron chi connectivity index (χ1n) is 4.65. The molecule has 0 amide bonds. The fourth-order valence-corrected chi connectivity index (χ4v) is 1.06. The van der Waals surface area contributed by atoms with Gasteiger partial charge in [-0.2, -0.15) is 5.10 Å². The van der Waals surface area contributed by atoms with Crippen molar-refractivity contribution in [3.8, 4) is 0 Å². The highest BCUT2D eigenvalue weighted by molar-refractivity contribution is 5.84. The zero-order valence-electron chi connectivity index (χ0n) is 7.97. The van der Waals surface area contributed by atoms with E-state index in [0.29, 0.717) is 5.92 Å². The molecule has 1 aliphatic heterocycles. The van der Waals surface area contributed by atoms with Gasteiger partial charge in [0.25, 0.3) is 0 Å². The summed E-state index contributed by atoms with van der Waals surface area (Å²) >= 11 is 0. The summed E-state index contributed by atoms with van der Waals surface area (Å²) in [5.41, 5.74) is 4.34. The SMILES string of the molecule is CC(C)CNN=C1CCOCC1. The molecule has 1 rings (SSSR count). The molecule has 0 saturated carbocycles. The molecule has 0 aromatic carbocycles. The van der Waals surface area contributed by atoms with Crippen molar-refractivity contribution in [3.63, 3.8) is 0 Å². The lowest BCUT2D eigenvalue weighted by Crippen LogP contribution is -2.21. The third-order valence-corrected chi connectivity index (χ3v) is 1.81. The Bertz CT molecular complexity index is 147. The van der Waals surface area contributed by atoms with Gasteiger partial charge in [-0.25, -0.2) is 0 Å². The van der Waals surface area contributed by atoms with Gasteiger partial charge in [0.2, 0.25) is 0 Å². The Morgan fingerprint density at radius 3 is 2.67 bits per heavy atom. The van der Waals surface area contributed by atoms with E-state index in [4.69, 9.17) is 4.74 Å². The van der Waals surface area contributed by atoms with Crippen molar-refractivity contribution >= 4 is 5.71 Å². The highest BCUT2D eigenvalue weighted by Gasteiger charge is 2.06. The molecule has 0 radical (unpaired) electrons. The number of hydrogen-bond donors (Lipinski definition) is 1. The second-order valence-electron chi connectivity index (χ2n) is 3.55. The lowest BCUT2D eigenvalue weighted by molar-refractivity contribution is 0.134. The molecule has 0 spiro atoms. The van der Waals surface area contributed by atoms with Gasteiger partial charge >= 0.3 is 0 Å². The van der Waals surface area contributed by atoms with E-state index in [9.17, 15) is 0 Å². The molecule has 0 atom stereocenters. The molecule has 0 aromatic heterocycles. The normalized spacial score (nSPS) is 18.1. The molecule has 0 unspecified atom stereocenters. The van der Waals surface area contributed by atoms with Crippen LogP contribution in [0.25, 0.3) is 0 Å². The van der Waals surface area contributed by atoms with E-state index < -0.39 is 0 Å². The lowest BCUT2D eigenvalue weighted by atomic mass is 10.2. The third kappa shape index (κ3) is 3.72. The molecule has 3 nitrogen and oxygen atoms in total. The highest BCUT2D eigenvalue weighted by atomic mass is 16.5. The number of rotatable bonds is 3. The van der Waals surface area contributed by atoms with Crippen molar-refractivity contribution in [2.24, 2.45) is 11.0 Å². The fourth-order valence-electron chi connectivity index (χ4n) is 1.06. The van der Waals surface area contributed by atoms with E-state index in [1.54, 1.807) is 0 Å². The van der Waals surface area contributed by atoms with Crippen LogP contribution in [0.5, 0.6) is 0 Å². The minimum Gasteiger partial charge on any atom is -0.381 e. The summed E-state index contributed by atoms with van der Waals surface area (Å²) in [6.45, 7) is 6.99. The highest BCUT2D eigenvalue weighted by Crippen LogP contribution is 2.01. The summed E-state index contributed by atoms with van der Waals surface area (Å²) in [5.74, 6) is 0.661. The van der Waals surface area contributed by atoms with Crippen LogP contribution >= 0.6 is 0 Å². The summed E-state index contributed by atoms with van der Waals surface area (Å²) in [7, 11) is 0. The van der Waals surface area contributed by atoms with Gasteiger partial charge in [-0.15, -0.1) is 0 Å². The third-order valence-electron chi connectivity index (χ3n) is 1.81. The lowest BCUT2D eigenvalue weighted by Gasteiger charge is -2.13. The van der Waals surface area contributed by atoms with Crippen molar-refractivity contribution < 1.29 is 4.74 Å². The molecule has 70 valence electrons. The van der Waals surface area contributed by atoms with E-state index in [1.807, 2.05) is 0 Å². The van der Waals surface area contributed by atoms with Crippen LogP contribution in [-0.2, 0) is 4.74 Å². The van der Waals surface area contributed by atoms with Crippen molar-refractivity contribution in [1.29, 1.82) is 0 Å². The largest absolute Gasteiger partial charge is 0.381 e. The molecule has 1 aliphatic rings. The zero-order valence-corrected chi connectivity index (χ0v) is 7.97. The Labute approximate surface area is 74.2 Å². The van der Waals surface area contributed by atoms with Crippen LogP contribution in [-0.4, -0.2) is 25.5 Å². The average molecular weight is 170 g/mol. The van der Waals surface area contributed by atoms with Gasteiger partial charge < -0.3 is 10.2 Å². The molecule has 0 aromatic rings. The molecule has 1 heterocycles. The molecule has 3 heteroatoms. The number of ether oxygens (including phenoxy) is 1. The molecule has 12 heavy (non-hydrogen) atoms. The van der Waals surface area contributed by atoms with E-state index in [-0.39, 0.29) is 0 Å². The second-order valence-corrected chi connectivity index (χ2v) is 3.55. The van der Waals surface area contributed by atoms with Gasteiger partial charge in [0.1, 0.15) is 0 Å². The van der Waals surface area contributed by atoms with Gasteiger partial charge in [-0.05, 0) is 5.92 Å². The van der Waals surface area contributed by atoms with Gasteiger partial charge in [0.05, 0.1) is 13.2 Å². The Morgan fingerprint density at radius 2 is 2.08 bits per heavy atom. The van der Waals surface area contributed by atoms with Crippen LogP contribution in [0, 0.1) is 5.92 Å². The predicted molar refractivity (Wildman–Crippen MR) is 50.3 cm³/mol. The van der Waals surface area contributed by atoms with Crippen LogP contribution in [0.15, 0.2) is 5.10 Å². The summed E-state index contributed by atoms with van der Waals surface area (Å²) < 4.78 is 5.22. The van der Waals surface area contributed by atoms with Crippen LogP contribution in [0.4, 0.5) is 0 Å². The molecule has 0 aliphatic carbocycles. The van der Waals surface area contributed by atoms with Crippen LogP contribution in [0.3, 0.4) is 0 Å². The van der Waals surface area contributed by atoms with Crippen molar-refractivity contribution in [1.82, 2.24) is 5.43 Å². The first-order valence-corrected chi connectivity index (χ1v) is 4.65. The maximum absolute atomic E-state index is 5.22. The van der Waals surface area contributed by atoms with E-state index >= 15 is 0 Å². The van der Waals surface area contributed by atoms with Crippen molar-refractivity contribution in [3.05, 3.63) is 0 Å². The van der Waals surface area contributed by atoms with Crippen LogP contribution < -0.4 is 5.43 Å². The van der Waals surface area contributed by atoms with E-state index in [1.165, 1.54) is 5.71 Å². The smallest absolute Gasteiger partial charge is 0.0519 e. The van der Waals surface area contributed by atoms with E-state index in [2.05, 4.69) is 24.4 Å². The maximum Gasteiger partial charge on any atom is 0.0519 e. The summed E-state index contributed by atoms with van der Waals surface area (Å²) in [4.78, 5) is 0. The number of nitrogens with zero attached hydrogens (tertiary/aromatic N) is 1.